The topological polar surface area (TPSA) is 83.2 Å². The molecular weight excluding hydrogens is 341 g/mol. The maximum Gasteiger partial charge on any atom is 0.257 e. The molecule has 1 amide bonds. The number of halogens is 2. The number of ether oxygens (including phenoxy) is 1. The van der Waals surface area contributed by atoms with Crippen molar-refractivity contribution in [3.8, 4) is 0 Å². The Kier molecular flexibility index (Phi) is 7.07. The van der Waals surface area contributed by atoms with Gasteiger partial charge in [-0.1, -0.05) is 0 Å². The van der Waals surface area contributed by atoms with Crippen LogP contribution in [0.5, 0.6) is 0 Å². The molecule has 3 N–H and O–H groups in total. The van der Waals surface area contributed by atoms with Crippen LogP contribution in [0, 0.1) is 6.92 Å². The van der Waals surface area contributed by atoms with Gasteiger partial charge in [-0.15, -0.1) is 24.8 Å². The third kappa shape index (κ3) is 4.47. The molecule has 3 rings (SSSR count). The van der Waals surface area contributed by atoms with Crippen molar-refractivity contribution in [2.24, 2.45) is 0 Å². The molecule has 0 bridgehead atoms. The summed E-state index contributed by atoms with van der Waals surface area (Å²) in [5, 5.41) is 6.24. The number of aromatic amines is 1. The van der Waals surface area contributed by atoms with E-state index < -0.39 is 0 Å². The van der Waals surface area contributed by atoms with Gasteiger partial charge in [0.2, 0.25) is 0 Å². The zero-order chi connectivity index (χ0) is 14.9. The molecule has 2 aliphatic heterocycles. The zero-order valence-electron chi connectivity index (χ0n) is 13.0. The zero-order valence-corrected chi connectivity index (χ0v) is 14.6. The molecule has 3 heterocycles. The summed E-state index contributed by atoms with van der Waals surface area (Å²) < 4.78 is 5.94. The Morgan fingerprint density at radius 2 is 2.04 bits per heavy atom. The summed E-state index contributed by atoms with van der Waals surface area (Å²) in [4.78, 5) is 26.9. The van der Waals surface area contributed by atoms with E-state index in [0.717, 1.165) is 38.0 Å². The lowest BCUT2D eigenvalue weighted by Crippen LogP contribution is -2.43. The quantitative estimate of drug-likeness (QED) is 0.736. The summed E-state index contributed by atoms with van der Waals surface area (Å²) in [6.45, 7) is 4.22. The van der Waals surface area contributed by atoms with Crippen LogP contribution < -0.4 is 16.1 Å². The number of piperidine rings is 1. The molecule has 0 saturated carbocycles. The monoisotopic (exact) mass is 363 g/mol. The summed E-state index contributed by atoms with van der Waals surface area (Å²) in [6.07, 6.45) is 4.25. The van der Waals surface area contributed by atoms with Crippen LogP contribution in [0.25, 0.3) is 0 Å². The van der Waals surface area contributed by atoms with Crippen LogP contribution in [0.1, 0.15) is 35.3 Å². The molecule has 130 valence electrons. The number of aromatic nitrogens is 1. The van der Waals surface area contributed by atoms with Gasteiger partial charge < -0.3 is 20.4 Å². The van der Waals surface area contributed by atoms with Gasteiger partial charge in [-0.05, 0) is 39.3 Å². The Labute approximate surface area is 147 Å². The van der Waals surface area contributed by atoms with E-state index in [0.29, 0.717) is 6.61 Å². The highest BCUT2D eigenvalue weighted by atomic mass is 35.5. The first kappa shape index (κ1) is 20.0. The molecule has 1 aromatic rings. The Hall–Kier alpha value is -1.08. The lowest BCUT2D eigenvalue weighted by molar-refractivity contribution is -0.0194. The van der Waals surface area contributed by atoms with Crippen molar-refractivity contribution in [1.82, 2.24) is 15.6 Å². The number of aryl methyl sites for hydroxylation is 1. The van der Waals surface area contributed by atoms with E-state index in [4.69, 9.17) is 4.74 Å². The van der Waals surface area contributed by atoms with Crippen molar-refractivity contribution in [2.45, 2.75) is 37.8 Å². The predicted molar refractivity (Wildman–Crippen MR) is 93.0 cm³/mol. The minimum Gasteiger partial charge on any atom is -0.373 e. The van der Waals surface area contributed by atoms with Crippen molar-refractivity contribution in [2.75, 3.05) is 19.7 Å². The highest BCUT2D eigenvalue weighted by Gasteiger charge is 2.41. The maximum atomic E-state index is 12.2. The second-order valence-corrected chi connectivity index (χ2v) is 6.01. The number of carbonyl (C=O) groups excluding carboxylic acids is 1. The van der Waals surface area contributed by atoms with Crippen LogP contribution in [-0.4, -0.2) is 42.2 Å². The number of H-pyrrole nitrogens is 1. The van der Waals surface area contributed by atoms with Gasteiger partial charge in [0.15, 0.2) is 5.43 Å². The number of hydrogen-bond acceptors (Lipinski definition) is 4. The minimum absolute atomic E-state index is 0. The van der Waals surface area contributed by atoms with E-state index in [2.05, 4.69) is 15.6 Å². The standard InChI is InChI=1S/C15H21N3O3.2ClH/c1-10-6-13(19)12(8-17-10)14(20)18-11-7-15(21-9-11)2-4-16-5-3-15;;/h6,8,11,16H,2-5,7,9H2,1H3,(H,17,19)(H,18,20);2*1H. The van der Waals surface area contributed by atoms with Gasteiger partial charge in [-0.25, -0.2) is 0 Å². The Bertz CT molecular complexity index is 600. The third-order valence-corrected chi connectivity index (χ3v) is 4.36. The van der Waals surface area contributed by atoms with Crippen molar-refractivity contribution in [1.29, 1.82) is 0 Å². The molecule has 0 aliphatic carbocycles. The SMILES string of the molecule is Cc1cc(=O)c(C(=O)NC2COC3(CCNCC3)C2)c[nH]1.Cl.Cl. The minimum atomic E-state index is -0.323. The third-order valence-electron chi connectivity index (χ3n) is 4.36. The molecule has 0 aromatic carbocycles. The summed E-state index contributed by atoms with van der Waals surface area (Å²) in [5.74, 6) is -0.323. The van der Waals surface area contributed by atoms with Gasteiger partial charge in [-0.3, -0.25) is 9.59 Å². The van der Waals surface area contributed by atoms with Gasteiger partial charge >= 0.3 is 0 Å². The molecule has 2 aliphatic rings. The van der Waals surface area contributed by atoms with E-state index in [1.807, 2.05) is 0 Å². The Morgan fingerprint density at radius 3 is 2.70 bits per heavy atom. The molecule has 23 heavy (non-hydrogen) atoms. The number of nitrogens with one attached hydrogen (secondary N) is 3. The number of hydrogen-bond donors (Lipinski definition) is 3. The smallest absolute Gasteiger partial charge is 0.257 e. The van der Waals surface area contributed by atoms with E-state index in [1.165, 1.54) is 12.3 Å². The van der Waals surface area contributed by atoms with Crippen LogP contribution in [0.4, 0.5) is 0 Å². The Balaban J connectivity index is 0.00000132. The second-order valence-electron chi connectivity index (χ2n) is 6.01. The fraction of sp³-hybridized carbons (Fsp3) is 0.600. The average molecular weight is 364 g/mol. The summed E-state index contributed by atoms with van der Waals surface area (Å²) in [5.41, 5.74) is 0.559. The number of rotatable bonds is 2. The van der Waals surface area contributed by atoms with Gasteiger partial charge in [-0.2, -0.15) is 0 Å². The highest BCUT2D eigenvalue weighted by molar-refractivity contribution is 5.94. The number of amides is 1. The van der Waals surface area contributed by atoms with Crippen molar-refractivity contribution < 1.29 is 9.53 Å². The molecule has 6 nitrogen and oxygen atoms in total. The Morgan fingerprint density at radius 1 is 1.35 bits per heavy atom. The first-order valence-corrected chi connectivity index (χ1v) is 7.43. The van der Waals surface area contributed by atoms with Crippen molar-refractivity contribution >= 4 is 30.7 Å². The lowest BCUT2D eigenvalue weighted by Gasteiger charge is -2.32. The van der Waals surface area contributed by atoms with E-state index in [-0.39, 0.29) is 53.4 Å². The fourth-order valence-corrected chi connectivity index (χ4v) is 3.18. The average Bonchev–Trinajstić information content (AvgIpc) is 2.82. The van der Waals surface area contributed by atoms with Crippen LogP contribution in [0.2, 0.25) is 0 Å². The summed E-state index contributed by atoms with van der Waals surface area (Å²) >= 11 is 0. The number of pyridine rings is 1. The lowest BCUT2D eigenvalue weighted by atomic mass is 9.88. The molecule has 2 fully saturated rings. The molecule has 1 atom stereocenters. The molecular formula is C15H23Cl2N3O3. The molecule has 1 spiro atoms. The van der Waals surface area contributed by atoms with E-state index in [9.17, 15) is 9.59 Å². The van der Waals surface area contributed by atoms with Crippen LogP contribution >= 0.6 is 24.8 Å². The first-order chi connectivity index (χ1) is 10.1. The normalized spacial score (nSPS) is 22.0. The number of carbonyl (C=O) groups is 1. The summed E-state index contributed by atoms with van der Waals surface area (Å²) in [6, 6.07) is 1.42. The molecule has 1 unspecified atom stereocenters. The predicted octanol–water partition coefficient (Wildman–Crippen LogP) is 1.17. The first-order valence-electron chi connectivity index (χ1n) is 7.43. The van der Waals surface area contributed by atoms with Gasteiger partial charge in [0.1, 0.15) is 5.56 Å². The van der Waals surface area contributed by atoms with E-state index >= 15 is 0 Å². The van der Waals surface area contributed by atoms with Crippen LogP contribution in [-0.2, 0) is 4.74 Å². The van der Waals surface area contributed by atoms with E-state index in [1.54, 1.807) is 6.92 Å². The fourth-order valence-electron chi connectivity index (χ4n) is 3.18. The molecule has 2 saturated heterocycles. The van der Waals surface area contributed by atoms with Gasteiger partial charge in [0.05, 0.1) is 18.2 Å². The van der Waals surface area contributed by atoms with Crippen LogP contribution in [0.3, 0.4) is 0 Å². The molecule has 8 heteroatoms. The highest BCUT2D eigenvalue weighted by Crippen LogP contribution is 2.33. The van der Waals surface area contributed by atoms with Crippen molar-refractivity contribution in [3.63, 3.8) is 0 Å². The molecule has 1 aromatic heterocycles. The largest absolute Gasteiger partial charge is 0.373 e. The van der Waals surface area contributed by atoms with Crippen LogP contribution in [0.15, 0.2) is 17.1 Å². The summed E-state index contributed by atoms with van der Waals surface area (Å²) in [7, 11) is 0. The maximum absolute atomic E-state index is 12.2. The molecule has 0 radical (unpaired) electrons. The second kappa shape index (κ2) is 8.15. The van der Waals surface area contributed by atoms with Gasteiger partial charge in [0, 0.05) is 18.0 Å². The van der Waals surface area contributed by atoms with Crippen molar-refractivity contribution in [3.05, 3.63) is 33.7 Å². The van der Waals surface area contributed by atoms with Gasteiger partial charge in [0.25, 0.3) is 5.91 Å².